The van der Waals surface area contributed by atoms with E-state index >= 15 is 0 Å². The van der Waals surface area contributed by atoms with Gasteiger partial charge in [0.1, 0.15) is 0 Å². The zero-order chi connectivity index (χ0) is 30.3. The summed E-state index contributed by atoms with van der Waals surface area (Å²) < 4.78 is 5.07. The molecule has 214 valence electrons. The number of hydrogen-bond donors (Lipinski definition) is 0. The lowest BCUT2D eigenvalue weighted by atomic mass is 10.1. The summed E-state index contributed by atoms with van der Waals surface area (Å²) in [6.07, 6.45) is 0. The maximum absolute atomic E-state index is 5.05. The van der Waals surface area contributed by atoms with Crippen molar-refractivity contribution in [2.24, 2.45) is 9.98 Å². The fraction of sp³-hybridized carbons (Fsp3) is 0.0244. The molecular weight excluding hydrogens is 567 g/mol. The molecule has 0 saturated heterocycles. The zero-order valence-electron chi connectivity index (χ0n) is 24.8. The molecule has 4 heteroatoms. The third-order valence-corrected chi connectivity index (χ3v) is 9.55. The minimum atomic E-state index is 0.639. The van der Waals surface area contributed by atoms with Crippen LogP contribution in [0.1, 0.15) is 23.6 Å². The van der Waals surface area contributed by atoms with E-state index in [9.17, 15) is 0 Å². The van der Waals surface area contributed by atoms with Crippen LogP contribution in [0.25, 0.3) is 53.4 Å². The van der Waals surface area contributed by atoms with Gasteiger partial charge in [-0.2, -0.15) is 0 Å². The lowest BCUT2D eigenvalue weighted by molar-refractivity contribution is 1.19. The molecule has 0 aliphatic rings. The first-order valence-corrected chi connectivity index (χ1v) is 15.9. The molecule has 0 bridgehead atoms. The SMILES string of the molecule is C=C(N=C(N=C(C)c1ccc(-n2c3c4ccccc4ccc3c3sc4ccccc4c32)cc1)c1ccccc1)c1ccccc1. The van der Waals surface area contributed by atoms with Crippen LogP contribution in [-0.2, 0) is 0 Å². The van der Waals surface area contributed by atoms with E-state index in [0.717, 1.165) is 28.1 Å². The smallest absolute Gasteiger partial charge is 0.160 e. The topological polar surface area (TPSA) is 29.6 Å². The van der Waals surface area contributed by atoms with Crippen molar-refractivity contribution in [3.8, 4) is 5.69 Å². The maximum atomic E-state index is 5.05. The molecule has 8 rings (SSSR count). The molecule has 3 nitrogen and oxygen atoms in total. The van der Waals surface area contributed by atoms with Crippen LogP contribution in [0.15, 0.2) is 162 Å². The number of benzene rings is 6. The van der Waals surface area contributed by atoms with Gasteiger partial charge in [0.2, 0.25) is 0 Å². The molecule has 2 heterocycles. The van der Waals surface area contributed by atoms with Crippen LogP contribution < -0.4 is 0 Å². The lowest BCUT2D eigenvalue weighted by Crippen LogP contribution is -2.04. The molecule has 0 radical (unpaired) electrons. The van der Waals surface area contributed by atoms with Gasteiger partial charge in [0.05, 0.1) is 21.4 Å². The minimum absolute atomic E-state index is 0.639. The number of aliphatic imine (C=N–C) groups is 2. The normalized spacial score (nSPS) is 12.5. The largest absolute Gasteiger partial charge is 0.307 e. The number of thiophene rings is 1. The quantitative estimate of drug-likeness (QED) is 0.140. The van der Waals surface area contributed by atoms with Gasteiger partial charge in [0.25, 0.3) is 0 Å². The Balaban J connectivity index is 1.26. The van der Waals surface area contributed by atoms with Crippen LogP contribution in [0.3, 0.4) is 0 Å². The van der Waals surface area contributed by atoms with E-state index in [1.54, 1.807) is 0 Å². The van der Waals surface area contributed by atoms with E-state index in [1.807, 2.05) is 78.9 Å². The average Bonchev–Trinajstić information content (AvgIpc) is 3.64. The van der Waals surface area contributed by atoms with Gasteiger partial charge in [0, 0.05) is 37.8 Å². The molecule has 2 aromatic heterocycles. The number of fused-ring (bicyclic) bond motifs is 7. The van der Waals surface area contributed by atoms with E-state index in [0.29, 0.717) is 11.5 Å². The molecule has 0 aliphatic carbocycles. The Morgan fingerprint density at radius 1 is 0.556 bits per heavy atom. The first-order valence-electron chi connectivity index (χ1n) is 15.0. The Bertz CT molecular complexity index is 2420. The van der Waals surface area contributed by atoms with Crippen molar-refractivity contribution < 1.29 is 0 Å². The summed E-state index contributed by atoms with van der Waals surface area (Å²) in [6, 6.07) is 50.8. The van der Waals surface area contributed by atoms with Crippen molar-refractivity contribution in [2.75, 3.05) is 0 Å². The molecule has 0 amide bonds. The Labute approximate surface area is 265 Å². The van der Waals surface area contributed by atoms with Gasteiger partial charge >= 0.3 is 0 Å². The first-order chi connectivity index (χ1) is 22.2. The summed E-state index contributed by atoms with van der Waals surface area (Å²) in [5.74, 6) is 0.639. The molecule has 0 spiro atoms. The molecule has 0 atom stereocenters. The highest BCUT2D eigenvalue weighted by atomic mass is 32.1. The van der Waals surface area contributed by atoms with Gasteiger partial charge in [-0.25, -0.2) is 9.98 Å². The zero-order valence-corrected chi connectivity index (χ0v) is 25.6. The van der Waals surface area contributed by atoms with E-state index in [-0.39, 0.29) is 0 Å². The van der Waals surface area contributed by atoms with Crippen molar-refractivity contribution in [1.82, 2.24) is 4.57 Å². The van der Waals surface area contributed by atoms with Crippen LogP contribution in [-0.4, -0.2) is 16.1 Å². The molecular formula is C41H29N3S. The summed E-state index contributed by atoms with van der Waals surface area (Å²) >= 11 is 1.87. The van der Waals surface area contributed by atoms with E-state index in [2.05, 4.69) is 96.1 Å². The second-order valence-electron chi connectivity index (χ2n) is 11.2. The second-order valence-corrected chi connectivity index (χ2v) is 12.2. The van der Waals surface area contributed by atoms with Crippen molar-refractivity contribution in [3.05, 3.63) is 169 Å². The highest BCUT2D eigenvalue weighted by Gasteiger charge is 2.19. The monoisotopic (exact) mass is 595 g/mol. The standard InChI is InChI=1S/C41H29N3S/c1-27(29-13-5-3-6-14-29)42-41(32-16-7-4-8-17-32)43-28(2)30-21-24-33(25-22-30)44-38-34-18-10-9-15-31(34)23-26-36(38)40-39(44)35-19-11-12-20-37(35)45-40/h3-26H,1H2,2H3. The van der Waals surface area contributed by atoms with Crippen LogP contribution in [0.5, 0.6) is 0 Å². The molecule has 0 N–H and O–H groups in total. The van der Waals surface area contributed by atoms with Gasteiger partial charge in [-0.05, 0) is 41.6 Å². The molecule has 45 heavy (non-hydrogen) atoms. The Morgan fingerprint density at radius 2 is 1.20 bits per heavy atom. The molecule has 0 unspecified atom stereocenters. The van der Waals surface area contributed by atoms with Crippen LogP contribution in [0, 0.1) is 0 Å². The summed E-state index contributed by atoms with van der Waals surface area (Å²) in [7, 11) is 0. The highest BCUT2D eigenvalue weighted by Crippen LogP contribution is 2.44. The predicted octanol–water partition coefficient (Wildman–Crippen LogP) is 11.1. The number of amidine groups is 1. The van der Waals surface area contributed by atoms with Gasteiger partial charge in [-0.15, -0.1) is 11.3 Å². The second kappa shape index (κ2) is 11.2. The summed E-state index contributed by atoms with van der Waals surface area (Å²) in [5.41, 5.74) is 8.17. The predicted molar refractivity (Wildman–Crippen MR) is 194 cm³/mol. The molecule has 0 fully saturated rings. The molecule has 8 aromatic rings. The molecule has 6 aromatic carbocycles. The van der Waals surface area contributed by atoms with Crippen molar-refractivity contribution in [3.63, 3.8) is 0 Å². The van der Waals surface area contributed by atoms with Gasteiger partial charge in [-0.1, -0.05) is 134 Å². The van der Waals surface area contributed by atoms with E-state index in [1.165, 1.54) is 42.0 Å². The summed E-state index contributed by atoms with van der Waals surface area (Å²) in [4.78, 5) is 9.94. The Morgan fingerprint density at radius 3 is 1.96 bits per heavy atom. The fourth-order valence-corrected chi connectivity index (χ4v) is 7.34. The van der Waals surface area contributed by atoms with Crippen LogP contribution in [0.4, 0.5) is 0 Å². The third kappa shape index (κ3) is 4.76. The number of nitrogens with zero attached hydrogens (tertiary/aromatic N) is 3. The average molecular weight is 596 g/mol. The first kappa shape index (κ1) is 27.0. The third-order valence-electron chi connectivity index (χ3n) is 8.36. The highest BCUT2D eigenvalue weighted by molar-refractivity contribution is 7.26. The van der Waals surface area contributed by atoms with Gasteiger partial charge in [0.15, 0.2) is 5.84 Å². The number of aromatic nitrogens is 1. The van der Waals surface area contributed by atoms with Crippen molar-refractivity contribution in [1.29, 1.82) is 0 Å². The Hall–Kier alpha value is -5.58. The summed E-state index contributed by atoms with van der Waals surface area (Å²) in [5, 5.41) is 5.06. The van der Waals surface area contributed by atoms with Crippen LogP contribution >= 0.6 is 11.3 Å². The van der Waals surface area contributed by atoms with Crippen LogP contribution in [0.2, 0.25) is 0 Å². The van der Waals surface area contributed by atoms with Gasteiger partial charge < -0.3 is 4.57 Å². The van der Waals surface area contributed by atoms with Crippen molar-refractivity contribution in [2.45, 2.75) is 6.92 Å². The lowest BCUT2D eigenvalue weighted by Gasteiger charge is -2.12. The van der Waals surface area contributed by atoms with Crippen molar-refractivity contribution >= 4 is 70.6 Å². The van der Waals surface area contributed by atoms with E-state index in [4.69, 9.17) is 9.98 Å². The number of rotatable bonds is 5. The van der Waals surface area contributed by atoms with E-state index < -0.39 is 0 Å². The fourth-order valence-electron chi connectivity index (χ4n) is 6.13. The maximum Gasteiger partial charge on any atom is 0.160 e. The van der Waals surface area contributed by atoms with Gasteiger partial charge in [-0.3, -0.25) is 0 Å². The molecule has 0 saturated carbocycles. The Kier molecular flexibility index (Phi) is 6.70. The summed E-state index contributed by atoms with van der Waals surface area (Å²) in [6.45, 7) is 6.28. The number of hydrogen-bond acceptors (Lipinski definition) is 2. The minimum Gasteiger partial charge on any atom is -0.307 e. The molecule has 0 aliphatic heterocycles.